The first kappa shape index (κ1) is 16.8. The molecule has 1 aliphatic carbocycles. The summed E-state index contributed by atoms with van der Waals surface area (Å²) in [6.07, 6.45) is 7.59. The molecule has 0 aromatic carbocycles. The van der Waals surface area contributed by atoms with Crippen molar-refractivity contribution in [2.75, 3.05) is 26.2 Å². The molecule has 0 unspecified atom stereocenters. The summed E-state index contributed by atoms with van der Waals surface area (Å²) in [4.78, 5) is 14.8. The molecule has 0 spiro atoms. The van der Waals surface area contributed by atoms with Crippen LogP contribution in [-0.4, -0.2) is 42.5 Å². The van der Waals surface area contributed by atoms with Crippen LogP contribution in [0.25, 0.3) is 0 Å². The van der Waals surface area contributed by atoms with Crippen LogP contribution < -0.4 is 11.1 Å². The van der Waals surface area contributed by atoms with Crippen molar-refractivity contribution in [1.29, 1.82) is 0 Å². The zero-order chi connectivity index (χ0) is 15.3. The highest BCUT2D eigenvalue weighted by Crippen LogP contribution is 2.27. The minimum atomic E-state index is -0.573. The van der Waals surface area contributed by atoms with Crippen LogP contribution in [0.15, 0.2) is 0 Å². The van der Waals surface area contributed by atoms with E-state index >= 15 is 0 Å². The van der Waals surface area contributed by atoms with Gasteiger partial charge in [0.15, 0.2) is 0 Å². The summed E-state index contributed by atoms with van der Waals surface area (Å²) < 4.78 is 0. The minimum Gasteiger partial charge on any atom is -0.354 e. The highest BCUT2D eigenvalue weighted by Gasteiger charge is 2.36. The predicted molar refractivity (Wildman–Crippen MR) is 87.0 cm³/mol. The summed E-state index contributed by atoms with van der Waals surface area (Å²) in [6.45, 7) is 9.00. The largest absolute Gasteiger partial charge is 0.354 e. The maximum Gasteiger partial charge on any atom is 0.240 e. The van der Waals surface area contributed by atoms with Crippen molar-refractivity contribution in [3.05, 3.63) is 0 Å². The first-order valence-electron chi connectivity index (χ1n) is 8.79. The number of carbonyl (C=O) groups excluding carboxylic acids is 1. The molecule has 21 heavy (non-hydrogen) atoms. The number of nitrogens with zero attached hydrogens (tertiary/aromatic N) is 1. The highest BCUT2D eigenvalue weighted by molar-refractivity contribution is 5.86. The van der Waals surface area contributed by atoms with Gasteiger partial charge in [-0.1, -0.05) is 26.7 Å². The molecule has 2 rings (SSSR count). The van der Waals surface area contributed by atoms with E-state index in [-0.39, 0.29) is 5.91 Å². The fourth-order valence-corrected chi connectivity index (χ4v) is 3.87. The van der Waals surface area contributed by atoms with Gasteiger partial charge < -0.3 is 16.0 Å². The van der Waals surface area contributed by atoms with Gasteiger partial charge in [0.1, 0.15) is 0 Å². The normalized spacial score (nSPS) is 26.2. The molecule has 3 N–H and O–H groups in total. The van der Waals surface area contributed by atoms with E-state index < -0.39 is 5.54 Å². The van der Waals surface area contributed by atoms with E-state index in [0.29, 0.717) is 0 Å². The first-order valence-corrected chi connectivity index (χ1v) is 8.79. The zero-order valence-corrected chi connectivity index (χ0v) is 13.9. The van der Waals surface area contributed by atoms with Crippen LogP contribution in [-0.2, 0) is 4.79 Å². The van der Waals surface area contributed by atoms with E-state index in [2.05, 4.69) is 24.1 Å². The number of likely N-dealkylation sites (tertiary alicyclic amines) is 1. The summed E-state index contributed by atoms with van der Waals surface area (Å²) in [5.74, 6) is 1.55. The molecule has 1 amide bonds. The van der Waals surface area contributed by atoms with Crippen LogP contribution in [0.2, 0.25) is 0 Å². The monoisotopic (exact) mass is 295 g/mol. The Morgan fingerprint density at radius 2 is 2.05 bits per heavy atom. The summed E-state index contributed by atoms with van der Waals surface area (Å²) in [6, 6.07) is 0. The van der Waals surface area contributed by atoms with Crippen molar-refractivity contribution in [1.82, 2.24) is 10.2 Å². The van der Waals surface area contributed by atoms with Gasteiger partial charge in [-0.2, -0.15) is 0 Å². The summed E-state index contributed by atoms with van der Waals surface area (Å²) in [5, 5.41) is 3.09. The van der Waals surface area contributed by atoms with Crippen molar-refractivity contribution in [3.8, 4) is 0 Å². The van der Waals surface area contributed by atoms with Crippen molar-refractivity contribution < 1.29 is 4.79 Å². The van der Waals surface area contributed by atoms with Gasteiger partial charge in [0, 0.05) is 19.6 Å². The number of hydrogen-bond acceptors (Lipinski definition) is 3. The Labute approximate surface area is 129 Å². The van der Waals surface area contributed by atoms with E-state index in [1.165, 1.54) is 32.5 Å². The van der Waals surface area contributed by atoms with Gasteiger partial charge in [0.25, 0.3) is 0 Å². The topological polar surface area (TPSA) is 58.4 Å². The molecule has 1 saturated heterocycles. The number of amides is 1. The molecule has 4 nitrogen and oxygen atoms in total. The van der Waals surface area contributed by atoms with Gasteiger partial charge in [-0.05, 0) is 50.5 Å². The van der Waals surface area contributed by atoms with Crippen LogP contribution in [0.3, 0.4) is 0 Å². The van der Waals surface area contributed by atoms with Gasteiger partial charge >= 0.3 is 0 Å². The average Bonchev–Trinajstić information content (AvgIpc) is 2.86. The van der Waals surface area contributed by atoms with Gasteiger partial charge in [-0.25, -0.2) is 0 Å². The zero-order valence-electron chi connectivity index (χ0n) is 13.9. The molecule has 1 heterocycles. The Balaban J connectivity index is 1.67. The Hall–Kier alpha value is -0.610. The van der Waals surface area contributed by atoms with Crippen molar-refractivity contribution in [3.63, 3.8) is 0 Å². The third kappa shape index (κ3) is 4.96. The molecule has 0 bridgehead atoms. The van der Waals surface area contributed by atoms with Crippen LogP contribution in [0.5, 0.6) is 0 Å². The summed E-state index contributed by atoms with van der Waals surface area (Å²) in [5.41, 5.74) is 5.61. The Morgan fingerprint density at radius 1 is 1.33 bits per heavy atom. The third-order valence-corrected chi connectivity index (χ3v) is 5.01. The molecular formula is C17H33N3O. The van der Waals surface area contributed by atoms with Gasteiger partial charge in [0.05, 0.1) is 5.54 Å². The Kier molecular flexibility index (Phi) is 6.06. The molecule has 1 atom stereocenters. The lowest BCUT2D eigenvalue weighted by Crippen LogP contribution is -2.52. The van der Waals surface area contributed by atoms with Crippen LogP contribution in [0.4, 0.5) is 0 Å². The van der Waals surface area contributed by atoms with Crippen molar-refractivity contribution in [2.24, 2.45) is 17.6 Å². The first-order chi connectivity index (χ1) is 9.99. The van der Waals surface area contributed by atoms with Crippen LogP contribution >= 0.6 is 0 Å². The van der Waals surface area contributed by atoms with Crippen LogP contribution in [0, 0.1) is 11.8 Å². The third-order valence-electron chi connectivity index (χ3n) is 5.01. The number of carbonyl (C=O) groups is 1. The Bertz CT molecular complexity index is 337. The molecule has 1 saturated carbocycles. The molecule has 0 aromatic heterocycles. The second-order valence-electron chi connectivity index (χ2n) is 7.57. The van der Waals surface area contributed by atoms with Crippen molar-refractivity contribution >= 4 is 5.91 Å². The molecule has 1 aliphatic heterocycles. The van der Waals surface area contributed by atoms with E-state index in [0.717, 1.165) is 50.5 Å². The lowest BCUT2D eigenvalue weighted by atomic mass is 9.93. The lowest BCUT2D eigenvalue weighted by molar-refractivity contribution is -0.126. The van der Waals surface area contributed by atoms with E-state index in [1.54, 1.807) is 0 Å². The molecule has 0 aromatic rings. The molecule has 2 fully saturated rings. The van der Waals surface area contributed by atoms with E-state index in [4.69, 9.17) is 5.73 Å². The molecule has 0 radical (unpaired) electrons. The molecular weight excluding hydrogens is 262 g/mol. The highest BCUT2D eigenvalue weighted by atomic mass is 16.2. The molecule has 4 heteroatoms. The standard InChI is InChI=1S/C17H33N3O/c1-14(2)12-20-11-5-6-15(13-20)7-10-19-16(21)17(18)8-3-4-9-17/h14-15H,3-13,18H2,1-2H3,(H,19,21)/t15-/m1/s1. The maximum atomic E-state index is 12.2. The van der Waals surface area contributed by atoms with Gasteiger partial charge in [-0.3, -0.25) is 4.79 Å². The van der Waals surface area contributed by atoms with Crippen LogP contribution in [0.1, 0.15) is 58.8 Å². The quantitative estimate of drug-likeness (QED) is 0.789. The lowest BCUT2D eigenvalue weighted by Gasteiger charge is -2.34. The Morgan fingerprint density at radius 3 is 2.71 bits per heavy atom. The fraction of sp³-hybridized carbons (Fsp3) is 0.941. The van der Waals surface area contributed by atoms with Crippen molar-refractivity contribution in [2.45, 2.75) is 64.3 Å². The summed E-state index contributed by atoms with van der Waals surface area (Å²) >= 11 is 0. The van der Waals surface area contributed by atoms with E-state index in [9.17, 15) is 4.79 Å². The average molecular weight is 295 g/mol. The van der Waals surface area contributed by atoms with Gasteiger partial charge in [-0.15, -0.1) is 0 Å². The maximum absolute atomic E-state index is 12.2. The molecule has 122 valence electrons. The second kappa shape index (κ2) is 7.59. The number of nitrogens with two attached hydrogens (primary N) is 1. The SMILES string of the molecule is CC(C)CN1CCC[C@H](CCNC(=O)C2(N)CCCC2)C1. The fourth-order valence-electron chi connectivity index (χ4n) is 3.87. The van der Waals surface area contributed by atoms with Gasteiger partial charge in [0.2, 0.25) is 5.91 Å². The number of hydrogen-bond donors (Lipinski definition) is 2. The minimum absolute atomic E-state index is 0.0786. The summed E-state index contributed by atoms with van der Waals surface area (Å²) in [7, 11) is 0. The predicted octanol–water partition coefficient (Wildman–Crippen LogP) is 2.13. The number of rotatable bonds is 6. The van der Waals surface area contributed by atoms with E-state index in [1.807, 2.05) is 0 Å². The molecule has 2 aliphatic rings. The second-order valence-corrected chi connectivity index (χ2v) is 7.57. The smallest absolute Gasteiger partial charge is 0.240 e. The number of piperidine rings is 1. The number of nitrogens with one attached hydrogen (secondary N) is 1.